The van der Waals surface area contributed by atoms with Crippen molar-refractivity contribution in [3.63, 3.8) is 0 Å². The fourth-order valence-corrected chi connectivity index (χ4v) is 4.28. The second-order valence-electron chi connectivity index (χ2n) is 6.75. The molecule has 150 valence electrons. The Bertz CT molecular complexity index is 1150. The molecule has 0 aliphatic carbocycles. The summed E-state index contributed by atoms with van der Waals surface area (Å²) in [4.78, 5) is 28.1. The molecule has 0 bridgehead atoms. The molecule has 0 saturated carbocycles. The Morgan fingerprint density at radius 2 is 1.79 bits per heavy atom. The summed E-state index contributed by atoms with van der Waals surface area (Å²) >= 11 is 0. The summed E-state index contributed by atoms with van der Waals surface area (Å²) < 4.78 is 27.7. The van der Waals surface area contributed by atoms with Gasteiger partial charge in [0.25, 0.3) is 10.0 Å². The van der Waals surface area contributed by atoms with Gasteiger partial charge in [0.05, 0.1) is 17.4 Å². The van der Waals surface area contributed by atoms with Gasteiger partial charge in [0, 0.05) is 30.1 Å². The lowest BCUT2D eigenvalue weighted by molar-refractivity contribution is -0.121. The maximum absolute atomic E-state index is 12.8. The van der Waals surface area contributed by atoms with Crippen LogP contribution in [-0.2, 0) is 19.6 Å². The van der Waals surface area contributed by atoms with Gasteiger partial charge < -0.3 is 5.32 Å². The van der Waals surface area contributed by atoms with Gasteiger partial charge in [-0.1, -0.05) is 42.0 Å². The lowest BCUT2D eigenvalue weighted by Crippen LogP contribution is -2.35. The summed E-state index contributed by atoms with van der Waals surface area (Å²) in [6, 6.07) is 13.0. The zero-order valence-corrected chi connectivity index (χ0v) is 16.9. The van der Waals surface area contributed by atoms with Crippen LogP contribution in [0.15, 0.2) is 65.8 Å². The van der Waals surface area contributed by atoms with Crippen molar-refractivity contribution in [3.05, 3.63) is 72.1 Å². The summed E-state index contributed by atoms with van der Waals surface area (Å²) in [6.07, 6.45) is 2.84. The number of hydrogen-bond donors (Lipinski definition) is 2. The van der Waals surface area contributed by atoms with Crippen LogP contribution in [0.2, 0.25) is 0 Å². The molecule has 1 atom stereocenters. The van der Waals surface area contributed by atoms with Crippen molar-refractivity contribution >= 4 is 32.6 Å². The van der Waals surface area contributed by atoms with Crippen LogP contribution in [0.25, 0.3) is 10.8 Å². The van der Waals surface area contributed by atoms with Crippen LogP contribution in [0, 0.1) is 6.92 Å². The Labute approximate surface area is 169 Å². The van der Waals surface area contributed by atoms with Crippen LogP contribution >= 0.6 is 0 Å². The van der Waals surface area contributed by atoms with E-state index in [0.717, 1.165) is 11.1 Å². The maximum Gasteiger partial charge on any atom is 0.264 e. The topological polar surface area (TPSA) is 105 Å². The van der Waals surface area contributed by atoms with Crippen molar-refractivity contribution in [3.8, 4) is 0 Å². The fraction of sp³-hybridized carbons (Fsp3) is 0.190. The van der Waals surface area contributed by atoms with Crippen molar-refractivity contribution < 1.29 is 18.0 Å². The molecule has 7 nitrogen and oxygen atoms in total. The lowest BCUT2D eigenvalue weighted by Gasteiger charge is -2.18. The number of nitrogens with one attached hydrogen (secondary N) is 2. The average molecular weight is 411 g/mol. The number of hydrogen-bond acceptors (Lipinski definition) is 5. The normalized spacial score (nSPS) is 12.3. The molecular weight excluding hydrogens is 390 g/mol. The van der Waals surface area contributed by atoms with Crippen molar-refractivity contribution in [1.82, 2.24) is 15.0 Å². The monoisotopic (exact) mass is 411 g/mol. The first-order valence-electron chi connectivity index (χ1n) is 8.98. The van der Waals surface area contributed by atoms with E-state index in [9.17, 15) is 18.0 Å². The van der Waals surface area contributed by atoms with Crippen molar-refractivity contribution in [2.45, 2.75) is 31.2 Å². The number of carbonyl (C=O) groups excluding carboxylic acids is 2. The number of aryl methyl sites for hydroxylation is 1. The van der Waals surface area contributed by atoms with Crippen LogP contribution in [0.4, 0.5) is 0 Å². The molecule has 3 aromatic rings. The highest BCUT2D eigenvalue weighted by Gasteiger charge is 2.23. The van der Waals surface area contributed by atoms with E-state index in [2.05, 4.69) is 15.0 Å². The van der Waals surface area contributed by atoms with Gasteiger partial charge in [-0.05, 0) is 24.6 Å². The van der Waals surface area contributed by atoms with E-state index >= 15 is 0 Å². The van der Waals surface area contributed by atoms with E-state index in [0.29, 0.717) is 10.8 Å². The first-order chi connectivity index (χ1) is 13.8. The van der Waals surface area contributed by atoms with Gasteiger partial charge in [-0.15, -0.1) is 0 Å². The van der Waals surface area contributed by atoms with E-state index in [-0.39, 0.29) is 17.2 Å². The predicted molar refractivity (Wildman–Crippen MR) is 109 cm³/mol. The first-order valence-corrected chi connectivity index (χ1v) is 10.5. The minimum atomic E-state index is -4.09. The van der Waals surface area contributed by atoms with Crippen molar-refractivity contribution in [2.24, 2.45) is 0 Å². The number of pyridine rings is 1. The Morgan fingerprint density at radius 3 is 2.48 bits per heavy atom. The molecule has 2 aromatic carbocycles. The molecule has 0 saturated heterocycles. The Hall–Kier alpha value is -3.26. The average Bonchev–Trinajstić information content (AvgIpc) is 2.66. The number of fused-ring (bicyclic) bond motifs is 1. The van der Waals surface area contributed by atoms with Crippen molar-refractivity contribution in [1.29, 1.82) is 0 Å². The summed E-state index contributed by atoms with van der Waals surface area (Å²) in [6.45, 7) is 3.27. The van der Waals surface area contributed by atoms with Gasteiger partial charge in [0.2, 0.25) is 11.8 Å². The van der Waals surface area contributed by atoms with Gasteiger partial charge in [0.1, 0.15) is 0 Å². The summed E-state index contributed by atoms with van der Waals surface area (Å²) in [5, 5.41) is 3.82. The van der Waals surface area contributed by atoms with Crippen LogP contribution in [0.3, 0.4) is 0 Å². The lowest BCUT2D eigenvalue weighted by atomic mass is 10.0. The molecule has 1 unspecified atom stereocenters. The highest BCUT2D eigenvalue weighted by Crippen LogP contribution is 2.23. The first kappa shape index (κ1) is 20.5. The van der Waals surface area contributed by atoms with E-state index in [1.165, 1.54) is 19.2 Å². The molecule has 0 radical (unpaired) electrons. The molecule has 2 amide bonds. The Kier molecular flexibility index (Phi) is 5.93. The third kappa shape index (κ3) is 4.97. The molecule has 1 heterocycles. The number of rotatable bonds is 6. The van der Waals surface area contributed by atoms with E-state index < -0.39 is 22.0 Å². The second kappa shape index (κ2) is 8.40. The number of benzene rings is 2. The van der Waals surface area contributed by atoms with Gasteiger partial charge in [0.15, 0.2) is 0 Å². The van der Waals surface area contributed by atoms with Gasteiger partial charge in [-0.25, -0.2) is 13.1 Å². The van der Waals surface area contributed by atoms with E-state index in [4.69, 9.17) is 0 Å². The third-order valence-electron chi connectivity index (χ3n) is 4.43. The summed E-state index contributed by atoms with van der Waals surface area (Å²) in [7, 11) is -4.09. The minimum Gasteiger partial charge on any atom is -0.349 e. The molecule has 0 spiro atoms. The van der Waals surface area contributed by atoms with E-state index in [1.807, 2.05) is 19.1 Å². The van der Waals surface area contributed by atoms with E-state index in [1.54, 1.807) is 36.5 Å². The fourth-order valence-electron chi connectivity index (χ4n) is 3.06. The molecule has 2 N–H and O–H groups in total. The smallest absolute Gasteiger partial charge is 0.264 e. The number of amides is 2. The predicted octanol–water partition coefficient (Wildman–Crippen LogP) is 2.62. The van der Waals surface area contributed by atoms with Crippen LogP contribution in [-0.4, -0.2) is 25.2 Å². The molecule has 3 rings (SSSR count). The molecule has 0 aliphatic heterocycles. The summed E-state index contributed by atoms with van der Waals surface area (Å²) in [5.74, 6) is -1.02. The number of sulfonamides is 1. The largest absolute Gasteiger partial charge is 0.349 e. The molecular formula is C21H21N3O4S. The zero-order chi connectivity index (χ0) is 21.0. The number of carbonyl (C=O) groups is 2. The maximum atomic E-state index is 12.8. The highest BCUT2D eigenvalue weighted by molar-refractivity contribution is 7.90. The second-order valence-corrected chi connectivity index (χ2v) is 8.40. The van der Waals surface area contributed by atoms with Gasteiger partial charge >= 0.3 is 0 Å². The van der Waals surface area contributed by atoms with Crippen LogP contribution < -0.4 is 10.0 Å². The minimum absolute atomic E-state index is 0.00263. The molecule has 29 heavy (non-hydrogen) atoms. The SMILES string of the molecule is CC(=O)NC(CC(=O)NS(=O)(=O)c1cccc2cnccc12)c1ccc(C)cc1. The number of nitrogens with zero attached hydrogens (tertiary/aromatic N) is 1. The van der Waals surface area contributed by atoms with Gasteiger partial charge in [-0.2, -0.15) is 0 Å². The molecule has 1 aromatic heterocycles. The summed E-state index contributed by atoms with van der Waals surface area (Å²) in [5.41, 5.74) is 1.75. The third-order valence-corrected chi connectivity index (χ3v) is 5.86. The Balaban J connectivity index is 1.83. The zero-order valence-electron chi connectivity index (χ0n) is 16.0. The molecule has 0 fully saturated rings. The van der Waals surface area contributed by atoms with Crippen LogP contribution in [0.5, 0.6) is 0 Å². The number of aromatic nitrogens is 1. The molecule has 0 aliphatic rings. The Morgan fingerprint density at radius 1 is 1.07 bits per heavy atom. The van der Waals surface area contributed by atoms with Crippen LogP contribution in [0.1, 0.15) is 30.5 Å². The highest BCUT2D eigenvalue weighted by atomic mass is 32.2. The molecule has 8 heteroatoms. The quantitative estimate of drug-likeness (QED) is 0.649. The standard InChI is InChI=1S/C21H21N3O4S/c1-14-6-8-16(9-7-14)19(23-15(2)25)12-21(26)24-29(27,28)20-5-3-4-17-13-22-11-10-18(17)20/h3-11,13,19H,12H2,1-2H3,(H,23,25)(H,24,26). The van der Waals surface area contributed by atoms with Crippen molar-refractivity contribution in [2.75, 3.05) is 0 Å². The van der Waals surface area contributed by atoms with Gasteiger partial charge in [-0.3, -0.25) is 14.6 Å².